The average molecular weight is 290 g/mol. The number of nitro benzene ring substituents is 1. The number of carbonyl (C=O) groups is 1. The molecule has 2 aromatic rings. The molecule has 2 N–H and O–H groups in total. The summed E-state index contributed by atoms with van der Waals surface area (Å²) in [5.74, 6) is -0.198. The summed E-state index contributed by atoms with van der Waals surface area (Å²) in [7, 11) is 0. The first-order valence-corrected chi connectivity index (χ1v) is 6.20. The number of non-ortho nitro benzene ring substituents is 1. The highest BCUT2D eigenvalue weighted by Crippen LogP contribution is 2.22. The third kappa shape index (κ3) is 3.19. The molecule has 0 radical (unpaired) electrons. The lowest BCUT2D eigenvalue weighted by Gasteiger charge is -2.07. The van der Waals surface area contributed by atoms with Crippen LogP contribution in [0.4, 0.5) is 11.4 Å². The van der Waals surface area contributed by atoms with Gasteiger partial charge in [0.1, 0.15) is 17.1 Å². The van der Waals surface area contributed by atoms with Crippen molar-refractivity contribution in [1.82, 2.24) is 0 Å². The zero-order valence-electron chi connectivity index (χ0n) is 11.5. The monoisotopic (exact) mass is 290 g/mol. The van der Waals surface area contributed by atoms with E-state index in [9.17, 15) is 14.9 Å². The molecule has 0 unspecified atom stereocenters. The first-order chi connectivity index (χ1) is 9.88. The molecule has 0 fully saturated rings. The van der Waals surface area contributed by atoms with Gasteiger partial charge < -0.3 is 14.8 Å². The van der Waals surface area contributed by atoms with Crippen molar-refractivity contribution >= 4 is 17.3 Å². The third-order valence-corrected chi connectivity index (χ3v) is 3.07. The summed E-state index contributed by atoms with van der Waals surface area (Å²) in [6.45, 7) is 3.64. The number of carboxylic acid groups (broad SMARTS) is 1. The van der Waals surface area contributed by atoms with Crippen molar-refractivity contribution < 1.29 is 19.2 Å². The maximum atomic E-state index is 10.9. The van der Waals surface area contributed by atoms with Gasteiger partial charge in [-0.2, -0.15) is 0 Å². The Kier molecular flexibility index (Phi) is 3.93. The van der Waals surface area contributed by atoms with Crippen LogP contribution in [0, 0.1) is 24.0 Å². The van der Waals surface area contributed by atoms with E-state index in [1.54, 1.807) is 19.9 Å². The van der Waals surface area contributed by atoms with Gasteiger partial charge in [0.2, 0.25) is 0 Å². The molecule has 1 aromatic carbocycles. The normalized spacial score (nSPS) is 10.4. The first-order valence-electron chi connectivity index (χ1n) is 6.20. The summed E-state index contributed by atoms with van der Waals surface area (Å²) < 4.78 is 5.35. The van der Waals surface area contributed by atoms with E-state index in [0.29, 0.717) is 18.1 Å². The standard InChI is InChI=1S/C14H14N2O5/c1-8-5-10(16(19)20)3-4-13(8)15-7-11-6-12(14(17)18)9(2)21-11/h3-6,15H,7H2,1-2H3,(H,17,18). The van der Waals surface area contributed by atoms with Crippen LogP contribution in [0.2, 0.25) is 0 Å². The highest BCUT2D eigenvalue weighted by Gasteiger charge is 2.14. The predicted octanol–water partition coefficient (Wildman–Crippen LogP) is 3.11. The molecule has 0 aliphatic heterocycles. The van der Waals surface area contributed by atoms with Crippen molar-refractivity contribution in [1.29, 1.82) is 0 Å². The Morgan fingerprint density at radius 3 is 2.62 bits per heavy atom. The minimum atomic E-state index is -1.03. The summed E-state index contributed by atoms with van der Waals surface area (Å²) in [6, 6.07) is 5.95. The number of aromatic carboxylic acids is 1. The van der Waals surface area contributed by atoms with Gasteiger partial charge in [-0.3, -0.25) is 10.1 Å². The molecule has 0 atom stereocenters. The summed E-state index contributed by atoms with van der Waals surface area (Å²) in [6.07, 6.45) is 0. The number of nitrogens with one attached hydrogen (secondary N) is 1. The van der Waals surface area contributed by atoms with E-state index >= 15 is 0 Å². The number of aryl methyl sites for hydroxylation is 2. The van der Waals surface area contributed by atoms with E-state index in [1.807, 2.05) is 0 Å². The Morgan fingerprint density at radius 2 is 2.10 bits per heavy atom. The molecule has 0 aliphatic rings. The van der Waals surface area contributed by atoms with Crippen LogP contribution in [0.3, 0.4) is 0 Å². The van der Waals surface area contributed by atoms with Crippen LogP contribution in [0.1, 0.15) is 27.4 Å². The molecule has 2 rings (SSSR count). The molecule has 0 aliphatic carbocycles. The number of nitro groups is 1. The van der Waals surface area contributed by atoms with Crippen LogP contribution in [0.15, 0.2) is 28.7 Å². The number of anilines is 1. The van der Waals surface area contributed by atoms with Gasteiger partial charge in [-0.1, -0.05) is 0 Å². The second kappa shape index (κ2) is 5.66. The number of rotatable bonds is 5. The maximum Gasteiger partial charge on any atom is 0.339 e. The number of carboxylic acids is 1. The van der Waals surface area contributed by atoms with Crippen molar-refractivity contribution in [2.45, 2.75) is 20.4 Å². The first kappa shape index (κ1) is 14.6. The minimum Gasteiger partial charge on any atom is -0.478 e. The van der Waals surface area contributed by atoms with Crippen LogP contribution < -0.4 is 5.32 Å². The van der Waals surface area contributed by atoms with Crippen molar-refractivity contribution in [2.75, 3.05) is 5.32 Å². The zero-order valence-corrected chi connectivity index (χ0v) is 11.5. The Balaban J connectivity index is 2.11. The van der Waals surface area contributed by atoms with Crippen molar-refractivity contribution in [3.8, 4) is 0 Å². The van der Waals surface area contributed by atoms with Gasteiger partial charge in [-0.05, 0) is 31.5 Å². The molecule has 0 bridgehead atoms. The molecule has 7 heteroatoms. The molecule has 1 aromatic heterocycles. The summed E-state index contributed by atoms with van der Waals surface area (Å²) in [5.41, 5.74) is 1.62. The lowest BCUT2D eigenvalue weighted by molar-refractivity contribution is -0.384. The molecular formula is C14H14N2O5. The van der Waals surface area contributed by atoms with E-state index < -0.39 is 10.9 Å². The van der Waals surface area contributed by atoms with Gasteiger partial charge in [-0.25, -0.2) is 4.79 Å². The highest BCUT2D eigenvalue weighted by molar-refractivity contribution is 5.88. The number of hydrogen-bond donors (Lipinski definition) is 2. The fourth-order valence-corrected chi connectivity index (χ4v) is 1.99. The van der Waals surface area contributed by atoms with Gasteiger partial charge in [-0.15, -0.1) is 0 Å². The number of benzene rings is 1. The van der Waals surface area contributed by atoms with Crippen LogP contribution in [0.25, 0.3) is 0 Å². The van der Waals surface area contributed by atoms with Gasteiger partial charge in [0.15, 0.2) is 0 Å². The lowest BCUT2D eigenvalue weighted by Crippen LogP contribution is -2.01. The molecule has 0 saturated carbocycles. The average Bonchev–Trinajstić information content (AvgIpc) is 2.78. The lowest BCUT2D eigenvalue weighted by atomic mass is 10.1. The number of furan rings is 1. The van der Waals surface area contributed by atoms with Crippen LogP contribution >= 0.6 is 0 Å². The van der Waals surface area contributed by atoms with Crippen molar-refractivity contribution in [3.05, 3.63) is 57.0 Å². The van der Waals surface area contributed by atoms with Gasteiger partial charge in [0.05, 0.1) is 11.5 Å². The van der Waals surface area contributed by atoms with E-state index in [2.05, 4.69) is 5.32 Å². The Bertz CT molecular complexity index is 705. The number of nitrogens with zero attached hydrogens (tertiary/aromatic N) is 1. The Hall–Kier alpha value is -2.83. The summed E-state index contributed by atoms with van der Waals surface area (Å²) >= 11 is 0. The highest BCUT2D eigenvalue weighted by atomic mass is 16.6. The molecule has 21 heavy (non-hydrogen) atoms. The molecule has 110 valence electrons. The molecule has 1 heterocycles. The SMILES string of the molecule is Cc1cc([N+](=O)[O-])ccc1NCc1cc(C(=O)O)c(C)o1. The topological polar surface area (TPSA) is 106 Å². The number of hydrogen-bond acceptors (Lipinski definition) is 5. The maximum absolute atomic E-state index is 10.9. The van der Waals surface area contributed by atoms with Crippen LogP contribution in [-0.2, 0) is 6.54 Å². The van der Waals surface area contributed by atoms with Gasteiger partial charge in [0, 0.05) is 17.8 Å². The predicted molar refractivity (Wildman–Crippen MR) is 75.6 cm³/mol. The van der Waals surface area contributed by atoms with Crippen LogP contribution in [-0.4, -0.2) is 16.0 Å². The van der Waals surface area contributed by atoms with Crippen LogP contribution in [0.5, 0.6) is 0 Å². The smallest absolute Gasteiger partial charge is 0.339 e. The Morgan fingerprint density at radius 1 is 1.38 bits per heavy atom. The van der Waals surface area contributed by atoms with E-state index in [1.165, 1.54) is 18.2 Å². The largest absolute Gasteiger partial charge is 0.478 e. The molecular weight excluding hydrogens is 276 g/mol. The van der Waals surface area contributed by atoms with Gasteiger partial charge in [0.25, 0.3) is 5.69 Å². The van der Waals surface area contributed by atoms with E-state index in [-0.39, 0.29) is 11.3 Å². The molecule has 0 saturated heterocycles. The molecule has 0 amide bonds. The minimum absolute atomic E-state index is 0.0278. The second-order valence-electron chi connectivity index (χ2n) is 4.60. The molecule has 0 spiro atoms. The van der Waals surface area contributed by atoms with E-state index in [4.69, 9.17) is 9.52 Å². The summed E-state index contributed by atoms with van der Waals surface area (Å²) in [4.78, 5) is 21.1. The second-order valence-corrected chi connectivity index (χ2v) is 4.60. The summed E-state index contributed by atoms with van der Waals surface area (Å²) in [5, 5.41) is 22.7. The third-order valence-electron chi connectivity index (χ3n) is 3.07. The zero-order chi connectivity index (χ0) is 15.6. The van der Waals surface area contributed by atoms with Gasteiger partial charge >= 0.3 is 5.97 Å². The van der Waals surface area contributed by atoms with Crippen molar-refractivity contribution in [3.63, 3.8) is 0 Å². The quantitative estimate of drug-likeness (QED) is 0.647. The molecule has 7 nitrogen and oxygen atoms in total. The van der Waals surface area contributed by atoms with Crippen molar-refractivity contribution in [2.24, 2.45) is 0 Å². The fraction of sp³-hybridized carbons (Fsp3) is 0.214. The Labute approximate surface area is 120 Å². The van der Waals surface area contributed by atoms with E-state index in [0.717, 1.165) is 11.3 Å². The fourth-order valence-electron chi connectivity index (χ4n) is 1.99.